The summed E-state index contributed by atoms with van der Waals surface area (Å²) in [6, 6.07) is -1.01. The van der Waals surface area contributed by atoms with Crippen molar-refractivity contribution in [3.8, 4) is 0 Å². The highest BCUT2D eigenvalue weighted by Crippen LogP contribution is 2.13. The minimum absolute atomic E-state index is 0.114. The molecule has 0 bridgehead atoms. The van der Waals surface area contributed by atoms with Crippen molar-refractivity contribution in [1.82, 2.24) is 4.90 Å². The van der Waals surface area contributed by atoms with Crippen LogP contribution in [0.3, 0.4) is 0 Å². The van der Waals surface area contributed by atoms with Crippen molar-refractivity contribution in [2.75, 3.05) is 13.1 Å². The first-order chi connectivity index (χ1) is 8.16. The second-order valence-corrected chi connectivity index (χ2v) is 4.59. The molecule has 0 aromatic heterocycles. The molecule has 18 heavy (non-hydrogen) atoms. The average molecular weight is 261 g/mol. The largest absolute Gasteiger partial charge is 0.481 e. The Balaban J connectivity index is 5.00. The van der Waals surface area contributed by atoms with Gasteiger partial charge < -0.3 is 15.3 Å². The molecule has 7 nitrogen and oxygen atoms in total. The molecule has 104 valence electrons. The van der Waals surface area contributed by atoms with Crippen LogP contribution in [0.5, 0.6) is 0 Å². The van der Waals surface area contributed by atoms with Crippen molar-refractivity contribution < 1.29 is 29.7 Å². The van der Waals surface area contributed by atoms with Gasteiger partial charge in [0.15, 0.2) is 0 Å². The molecule has 7 heteroatoms. The topological polar surface area (TPSA) is 115 Å². The lowest BCUT2D eigenvalue weighted by Crippen LogP contribution is -2.49. The number of hydrogen-bond acceptors (Lipinski definition) is 4. The van der Waals surface area contributed by atoms with Gasteiger partial charge in [0.2, 0.25) is 0 Å². The molecule has 0 amide bonds. The molecule has 0 heterocycles. The van der Waals surface area contributed by atoms with E-state index in [0.717, 1.165) is 0 Å². The van der Waals surface area contributed by atoms with Gasteiger partial charge in [-0.05, 0) is 5.92 Å². The van der Waals surface area contributed by atoms with E-state index in [1.54, 1.807) is 13.8 Å². The molecule has 0 saturated heterocycles. The van der Waals surface area contributed by atoms with Crippen LogP contribution in [0.4, 0.5) is 0 Å². The maximum Gasteiger partial charge on any atom is 0.321 e. The molecule has 0 aliphatic heterocycles. The SMILES string of the molecule is CC(CN(CC(=O)O)C(C(=O)O)C(C)C)C(=O)O. The van der Waals surface area contributed by atoms with Gasteiger partial charge in [0.25, 0.3) is 0 Å². The lowest BCUT2D eigenvalue weighted by molar-refractivity contribution is -0.151. The number of rotatable bonds is 8. The van der Waals surface area contributed by atoms with Gasteiger partial charge >= 0.3 is 17.9 Å². The van der Waals surface area contributed by atoms with Crippen LogP contribution in [0.15, 0.2) is 0 Å². The predicted octanol–water partition coefficient (Wildman–Crippen LogP) is 0.203. The fourth-order valence-corrected chi connectivity index (χ4v) is 1.74. The van der Waals surface area contributed by atoms with E-state index in [4.69, 9.17) is 15.3 Å². The molecule has 0 aromatic rings. The zero-order valence-electron chi connectivity index (χ0n) is 10.7. The molecule has 0 aliphatic carbocycles. The maximum atomic E-state index is 11.1. The molecule has 0 radical (unpaired) electrons. The number of carboxylic acid groups (broad SMARTS) is 3. The van der Waals surface area contributed by atoms with Gasteiger partial charge in [0.1, 0.15) is 6.04 Å². The minimum atomic E-state index is -1.18. The lowest BCUT2D eigenvalue weighted by atomic mass is 10.0. The van der Waals surface area contributed by atoms with Crippen molar-refractivity contribution in [3.05, 3.63) is 0 Å². The van der Waals surface area contributed by atoms with E-state index in [2.05, 4.69) is 0 Å². The standard InChI is InChI=1S/C11H19NO6/c1-6(2)9(11(17)18)12(5-8(13)14)4-7(3)10(15)16/h6-7,9H,4-5H2,1-3H3,(H,13,14)(H,15,16)(H,17,18). The Morgan fingerprint density at radius 3 is 1.78 bits per heavy atom. The van der Waals surface area contributed by atoms with Gasteiger partial charge in [-0.2, -0.15) is 0 Å². The highest BCUT2D eigenvalue weighted by molar-refractivity contribution is 5.76. The van der Waals surface area contributed by atoms with Crippen molar-refractivity contribution in [1.29, 1.82) is 0 Å². The van der Waals surface area contributed by atoms with Crippen molar-refractivity contribution in [2.45, 2.75) is 26.8 Å². The molecule has 0 aromatic carbocycles. The van der Waals surface area contributed by atoms with Crippen molar-refractivity contribution in [3.63, 3.8) is 0 Å². The molecule has 0 spiro atoms. The Morgan fingerprint density at radius 1 is 1.00 bits per heavy atom. The fourth-order valence-electron chi connectivity index (χ4n) is 1.74. The normalized spacial score (nSPS) is 14.5. The van der Waals surface area contributed by atoms with Gasteiger partial charge in [-0.1, -0.05) is 20.8 Å². The number of carboxylic acids is 3. The van der Waals surface area contributed by atoms with Crippen LogP contribution in [-0.2, 0) is 14.4 Å². The van der Waals surface area contributed by atoms with Crippen LogP contribution in [0.25, 0.3) is 0 Å². The molecule has 0 aliphatic rings. The summed E-state index contributed by atoms with van der Waals surface area (Å²) in [7, 11) is 0. The fraction of sp³-hybridized carbons (Fsp3) is 0.727. The van der Waals surface area contributed by atoms with Gasteiger partial charge in [-0.25, -0.2) is 0 Å². The number of aliphatic carboxylic acids is 3. The van der Waals surface area contributed by atoms with E-state index in [1.807, 2.05) is 0 Å². The second kappa shape index (κ2) is 6.95. The van der Waals surface area contributed by atoms with Gasteiger partial charge in [-0.3, -0.25) is 19.3 Å². The molecule has 2 unspecified atom stereocenters. The Bertz CT molecular complexity index is 327. The first-order valence-corrected chi connectivity index (χ1v) is 5.58. The highest BCUT2D eigenvalue weighted by Gasteiger charge is 2.32. The Morgan fingerprint density at radius 2 is 1.50 bits per heavy atom. The molecule has 2 atom stereocenters. The lowest BCUT2D eigenvalue weighted by Gasteiger charge is -2.31. The van der Waals surface area contributed by atoms with Crippen LogP contribution >= 0.6 is 0 Å². The third kappa shape index (κ3) is 5.13. The van der Waals surface area contributed by atoms with E-state index < -0.39 is 36.4 Å². The van der Waals surface area contributed by atoms with E-state index in [-0.39, 0.29) is 12.5 Å². The first kappa shape index (κ1) is 16.4. The summed E-state index contributed by atoms with van der Waals surface area (Å²) in [5, 5.41) is 26.7. The summed E-state index contributed by atoms with van der Waals surface area (Å²) < 4.78 is 0. The van der Waals surface area contributed by atoms with Gasteiger partial charge in [0, 0.05) is 6.54 Å². The van der Waals surface area contributed by atoms with Crippen molar-refractivity contribution >= 4 is 17.9 Å². The molecular formula is C11H19NO6. The number of carbonyl (C=O) groups is 3. The van der Waals surface area contributed by atoms with Crippen molar-refractivity contribution in [2.24, 2.45) is 11.8 Å². The molecule has 0 saturated carbocycles. The van der Waals surface area contributed by atoms with Crippen LogP contribution in [0, 0.1) is 11.8 Å². The maximum absolute atomic E-state index is 11.1. The van der Waals surface area contributed by atoms with Crippen LogP contribution in [0.2, 0.25) is 0 Å². The Labute approximate surface area is 105 Å². The van der Waals surface area contributed by atoms with Crippen LogP contribution in [-0.4, -0.2) is 57.3 Å². The van der Waals surface area contributed by atoms with E-state index >= 15 is 0 Å². The first-order valence-electron chi connectivity index (χ1n) is 5.58. The van der Waals surface area contributed by atoms with E-state index in [9.17, 15) is 14.4 Å². The third-order valence-electron chi connectivity index (χ3n) is 2.55. The van der Waals surface area contributed by atoms with Gasteiger partial charge in [0.05, 0.1) is 12.5 Å². The molecular weight excluding hydrogens is 242 g/mol. The molecule has 0 rings (SSSR count). The van der Waals surface area contributed by atoms with E-state index in [0.29, 0.717) is 0 Å². The summed E-state index contributed by atoms with van der Waals surface area (Å²) in [6.45, 7) is 4.11. The summed E-state index contributed by atoms with van der Waals surface area (Å²) in [4.78, 5) is 33.8. The Kier molecular flexibility index (Phi) is 6.32. The molecule has 3 N–H and O–H groups in total. The summed E-state index contributed by atoms with van der Waals surface area (Å²) >= 11 is 0. The second-order valence-electron chi connectivity index (χ2n) is 4.59. The quantitative estimate of drug-likeness (QED) is 0.571. The predicted molar refractivity (Wildman–Crippen MR) is 62.3 cm³/mol. The van der Waals surface area contributed by atoms with E-state index in [1.165, 1.54) is 11.8 Å². The minimum Gasteiger partial charge on any atom is -0.481 e. The smallest absolute Gasteiger partial charge is 0.321 e. The average Bonchev–Trinajstić information content (AvgIpc) is 2.14. The summed E-state index contributed by atoms with van der Waals surface area (Å²) in [5.74, 6) is -4.56. The number of hydrogen-bond donors (Lipinski definition) is 3. The Hall–Kier alpha value is -1.63. The molecule has 0 fully saturated rings. The summed E-state index contributed by atoms with van der Waals surface area (Å²) in [6.07, 6.45) is 0. The van der Waals surface area contributed by atoms with Crippen LogP contribution in [0.1, 0.15) is 20.8 Å². The third-order valence-corrected chi connectivity index (χ3v) is 2.55. The zero-order valence-corrected chi connectivity index (χ0v) is 10.7. The summed E-state index contributed by atoms with van der Waals surface area (Å²) in [5.41, 5.74) is 0. The number of nitrogens with zero attached hydrogens (tertiary/aromatic N) is 1. The van der Waals surface area contributed by atoms with Crippen LogP contribution < -0.4 is 0 Å². The highest BCUT2D eigenvalue weighted by atomic mass is 16.4. The van der Waals surface area contributed by atoms with Gasteiger partial charge in [-0.15, -0.1) is 0 Å². The zero-order chi connectivity index (χ0) is 14.5. The monoisotopic (exact) mass is 261 g/mol.